The maximum atomic E-state index is 13.7. The molecule has 34 heavy (non-hydrogen) atoms. The Labute approximate surface area is 197 Å². The second-order valence-electron chi connectivity index (χ2n) is 8.07. The molecule has 3 aromatic carbocycles. The zero-order valence-corrected chi connectivity index (χ0v) is 19.5. The number of aryl methyl sites for hydroxylation is 3. The lowest BCUT2D eigenvalue weighted by Crippen LogP contribution is -2.08. The predicted octanol–water partition coefficient (Wildman–Crippen LogP) is 6.31. The maximum Gasteiger partial charge on any atom is 0.337 e. The van der Waals surface area contributed by atoms with E-state index in [1.165, 1.54) is 25.3 Å². The summed E-state index contributed by atoms with van der Waals surface area (Å²) < 4.78 is 20.7. The first-order valence-electron chi connectivity index (χ1n) is 11.0. The van der Waals surface area contributed by atoms with E-state index in [9.17, 15) is 14.3 Å². The summed E-state index contributed by atoms with van der Waals surface area (Å²) in [4.78, 5) is 12.0. The fourth-order valence-electron chi connectivity index (χ4n) is 3.93. The molecular weight excluding hydrogens is 433 g/mol. The van der Waals surface area contributed by atoms with Gasteiger partial charge in [0.15, 0.2) is 0 Å². The average Bonchev–Trinajstić information content (AvgIpc) is 3.19. The third-order valence-electron chi connectivity index (χ3n) is 5.73. The minimum absolute atomic E-state index is 0.0659. The second-order valence-corrected chi connectivity index (χ2v) is 8.07. The van der Waals surface area contributed by atoms with Crippen molar-refractivity contribution in [3.63, 3.8) is 0 Å². The number of halogens is 1. The summed E-state index contributed by atoms with van der Waals surface area (Å²) in [5.74, 6) is -0.372. The van der Waals surface area contributed by atoms with Crippen LogP contribution in [0.2, 0.25) is 0 Å². The van der Waals surface area contributed by atoms with Gasteiger partial charge >= 0.3 is 5.97 Å². The van der Waals surface area contributed by atoms with Crippen molar-refractivity contribution in [1.29, 1.82) is 0 Å². The Morgan fingerprint density at radius 2 is 1.82 bits per heavy atom. The van der Waals surface area contributed by atoms with Gasteiger partial charge in [-0.25, -0.2) is 13.9 Å². The smallest absolute Gasteiger partial charge is 0.337 e. The Morgan fingerprint density at radius 1 is 1.09 bits per heavy atom. The summed E-state index contributed by atoms with van der Waals surface area (Å²) in [6, 6.07) is 17.2. The molecule has 0 saturated carbocycles. The van der Waals surface area contributed by atoms with Gasteiger partial charge in [-0.3, -0.25) is 0 Å². The number of carbonyl (C=O) groups is 1. The zero-order chi connectivity index (χ0) is 24.4. The molecule has 0 aliphatic rings. The minimum Gasteiger partial charge on any atom is -0.497 e. The molecule has 4 aromatic rings. The molecule has 1 aromatic heterocycles. The molecule has 7 heteroatoms. The Bertz CT molecular complexity index is 1360. The molecule has 0 unspecified atom stereocenters. The fourth-order valence-corrected chi connectivity index (χ4v) is 3.93. The van der Waals surface area contributed by atoms with Gasteiger partial charge in [-0.15, -0.1) is 0 Å². The van der Waals surface area contributed by atoms with Crippen LogP contribution in [0.1, 0.15) is 34.1 Å². The molecule has 174 valence electrons. The molecule has 1 heterocycles. The highest BCUT2D eigenvalue weighted by Crippen LogP contribution is 2.38. The number of ether oxygens (including phenoxy) is 1. The summed E-state index contributed by atoms with van der Waals surface area (Å²) in [6.45, 7) is 6.01. The number of nitrogens with zero attached hydrogens (tertiary/aromatic N) is 2. The van der Waals surface area contributed by atoms with Crippen molar-refractivity contribution in [2.75, 3.05) is 12.4 Å². The van der Waals surface area contributed by atoms with E-state index in [1.54, 1.807) is 28.9 Å². The molecule has 0 bridgehead atoms. The van der Waals surface area contributed by atoms with Crippen LogP contribution in [0.4, 0.5) is 15.9 Å². The lowest BCUT2D eigenvalue weighted by molar-refractivity contribution is 0.0697. The van der Waals surface area contributed by atoms with Crippen molar-refractivity contribution in [1.82, 2.24) is 9.78 Å². The van der Waals surface area contributed by atoms with E-state index in [2.05, 4.69) is 5.32 Å². The number of aromatic carboxylic acids is 1. The molecule has 0 atom stereocenters. The molecule has 0 fully saturated rings. The number of nitrogens with one attached hydrogen (secondary N) is 1. The van der Waals surface area contributed by atoms with Gasteiger partial charge in [0, 0.05) is 5.56 Å². The van der Waals surface area contributed by atoms with Gasteiger partial charge in [-0.1, -0.05) is 31.2 Å². The molecule has 0 radical (unpaired) electrons. The number of carboxylic acids is 1. The van der Waals surface area contributed by atoms with Crippen LogP contribution in [-0.4, -0.2) is 28.0 Å². The monoisotopic (exact) mass is 459 g/mol. The number of hydrogen-bond donors (Lipinski definition) is 2. The number of carboxylic acid groups (broad SMARTS) is 1. The van der Waals surface area contributed by atoms with Crippen molar-refractivity contribution in [3.8, 4) is 22.6 Å². The molecule has 2 N–H and O–H groups in total. The maximum absolute atomic E-state index is 13.7. The van der Waals surface area contributed by atoms with Gasteiger partial charge in [0.05, 0.1) is 29.7 Å². The fraction of sp³-hybridized carbons (Fsp3) is 0.185. The van der Waals surface area contributed by atoms with E-state index >= 15 is 0 Å². The number of aromatic nitrogens is 2. The first kappa shape index (κ1) is 23.0. The quantitative estimate of drug-likeness (QED) is 0.339. The van der Waals surface area contributed by atoms with Gasteiger partial charge in [0.2, 0.25) is 0 Å². The van der Waals surface area contributed by atoms with Gasteiger partial charge in [-0.05, 0) is 73.4 Å². The average molecular weight is 460 g/mol. The largest absolute Gasteiger partial charge is 0.497 e. The van der Waals surface area contributed by atoms with Crippen LogP contribution in [-0.2, 0) is 6.42 Å². The molecule has 0 aliphatic carbocycles. The van der Waals surface area contributed by atoms with Crippen LogP contribution in [0.25, 0.3) is 16.8 Å². The van der Waals surface area contributed by atoms with E-state index in [0.29, 0.717) is 23.7 Å². The first-order valence-corrected chi connectivity index (χ1v) is 11.0. The van der Waals surface area contributed by atoms with E-state index < -0.39 is 5.97 Å². The first-order chi connectivity index (χ1) is 16.3. The van der Waals surface area contributed by atoms with Crippen molar-refractivity contribution in [2.45, 2.75) is 27.2 Å². The zero-order valence-electron chi connectivity index (χ0n) is 19.5. The Morgan fingerprint density at radius 3 is 2.47 bits per heavy atom. The molecular formula is C27H26FN3O3. The van der Waals surface area contributed by atoms with Crippen LogP contribution < -0.4 is 10.1 Å². The van der Waals surface area contributed by atoms with E-state index in [4.69, 9.17) is 9.84 Å². The van der Waals surface area contributed by atoms with Crippen molar-refractivity contribution in [3.05, 3.63) is 88.9 Å². The summed E-state index contributed by atoms with van der Waals surface area (Å²) in [5.41, 5.74) is 5.79. The van der Waals surface area contributed by atoms with Crippen LogP contribution in [0.5, 0.6) is 5.75 Å². The van der Waals surface area contributed by atoms with Crippen LogP contribution in [0, 0.1) is 19.7 Å². The van der Waals surface area contributed by atoms with Crippen molar-refractivity contribution < 1.29 is 19.0 Å². The summed E-state index contributed by atoms with van der Waals surface area (Å²) in [6.07, 6.45) is 0.633. The number of benzene rings is 3. The van der Waals surface area contributed by atoms with Gasteiger partial charge in [0.25, 0.3) is 0 Å². The second kappa shape index (κ2) is 9.39. The van der Waals surface area contributed by atoms with E-state index in [-0.39, 0.29) is 11.4 Å². The number of rotatable bonds is 7. The standard InChI is InChI=1S/C27H26FN3O3/c1-5-22-25(18-8-10-19(28)11-9-18)26(31(30-22)24-14-16(2)6-7-17(24)3)29-23-13-12-20(34-4)15-21(23)27(32)33/h6-15,29H,5H2,1-4H3,(H,32,33). The highest BCUT2D eigenvalue weighted by molar-refractivity contribution is 5.96. The predicted molar refractivity (Wildman–Crippen MR) is 131 cm³/mol. The molecule has 0 amide bonds. The van der Waals surface area contributed by atoms with Crippen molar-refractivity contribution in [2.24, 2.45) is 0 Å². The minimum atomic E-state index is -1.08. The Kier molecular flexibility index (Phi) is 6.36. The molecule has 0 saturated heterocycles. The number of anilines is 2. The summed E-state index contributed by atoms with van der Waals surface area (Å²) in [5, 5.41) is 18.1. The van der Waals surface area contributed by atoms with Crippen LogP contribution in [0.3, 0.4) is 0 Å². The van der Waals surface area contributed by atoms with Crippen molar-refractivity contribution >= 4 is 17.5 Å². The van der Waals surface area contributed by atoms with E-state index in [0.717, 1.165) is 33.6 Å². The lowest BCUT2D eigenvalue weighted by Gasteiger charge is -2.16. The molecule has 4 rings (SSSR count). The van der Waals surface area contributed by atoms with Gasteiger partial charge in [-0.2, -0.15) is 5.10 Å². The molecule has 6 nitrogen and oxygen atoms in total. The highest BCUT2D eigenvalue weighted by atomic mass is 19.1. The van der Waals surface area contributed by atoms with E-state index in [1.807, 2.05) is 39.0 Å². The van der Waals surface area contributed by atoms with Crippen LogP contribution >= 0.6 is 0 Å². The lowest BCUT2D eigenvalue weighted by atomic mass is 10.0. The topological polar surface area (TPSA) is 76.4 Å². The number of methoxy groups -OCH3 is 1. The van der Waals surface area contributed by atoms with Gasteiger partial charge < -0.3 is 15.2 Å². The summed E-state index contributed by atoms with van der Waals surface area (Å²) in [7, 11) is 1.49. The Balaban J connectivity index is 1.99. The highest BCUT2D eigenvalue weighted by Gasteiger charge is 2.23. The van der Waals surface area contributed by atoms with Crippen LogP contribution in [0.15, 0.2) is 60.7 Å². The third-order valence-corrected chi connectivity index (χ3v) is 5.73. The summed E-state index contributed by atoms with van der Waals surface area (Å²) >= 11 is 0. The SMILES string of the molecule is CCc1nn(-c2cc(C)ccc2C)c(Nc2ccc(OC)cc2C(=O)O)c1-c1ccc(F)cc1. The number of hydrogen-bond acceptors (Lipinski definition) is 4. The Hall–Kier alpha value is -4.13. The molecule has 0 spiro atoms. The third kappa shape index (κ3) is 4.37. The normalized spacial score (nSPS) is 10.9. The molecule has 0 aliphatic heterocycles. The van der Waals surface area contributed by atoms with Gasteiger partial charge in [0.1, 0.15) is 17.4 Å².